The van der Waals surface area contributed by atoms with E-state index in [0.717, 1.165) is 0 Å². The largest absolute Gasteiger partial charge is 0.461 e. The number of amides is 2. The first-order chi connectivity index (χ1) is 8.60. The number of rotatable bonds is 2. The first kappa shape index (κ1) is 12.9. The summed E-state index contributed by atoms with van der Waals surface area (Å²) >= 11 is 10.7. The minimum Gasteiger partial charge on any atom is -0.461 e. The van der Waals surface area contributed by atoms with Crippen LogP contribution in [0.3, 0.4) is 0 Å². The molecular formula is C12H11ClN2O2S. The lowest BCUT2D eigenvalue weighted by molar-refractivity contribution is 0.236. The van der Waals surface area contributed by atoms with Crippen molar-refractivity contribution >= 4 is 40.7 Å². The molecule has 1 aliphatic heterocycles. The quantitative estimate of drug-likeness (QED) is 0.670. The highest BCUT2D eigenvalue weighted by Gasteiger charge is 2.30. The maximum Gasteiger partial charge on any atom is 0.329 e. The first-order valence-electron chi connectivity index (χ1n) is 5.27. The van der Waals surface area contributed by atoms with Gasteiger partial charge in [-0.25, -0.2) is 4.79 Å². The van der Waals surface area contributed by atoms with Crippen LogP contribution in [0.25, 0.3) is 0 Å². The molecule has 1 N–H and O–H groups in total. The van der Waals surface area contributed by atoms with Gasteiger partial charge in [0.25, 0.3) is 5.17 Å². The van der Waals surface area contributed by atoms with E-state index in [4.69, 9.17) is 28.6 Å². The number of ether oxygens (including phenoxy) is 1. The molecule has 1 heterocycles. The van der Waals surface area contributed by atoms with Crippen LogP contribution in [0.2, 0.25) is 5.02 Å². The standard InChI is InChI=1S/C12H11ClN2O2S/c1-2-10-7-15(12(18)17-10)11(16)14-9-5-3-8(13)4-6-9/h2-6,10H,1,7H2,(H,14,16)/t10-/m1/s1. The molecule has 1 aliphatic rings. The number of thiocarbonyl (C=S) groups is 1. The van der Waals surface area contributed by atoms with Crippen molar-refractivity contribution in [3.8, 4) is 0 Å². The third kappa shape index (κ3) is 2.80. The van der Waals surface area contributed by atoms with E-state index in [1.165, 1.54) is 4.90 Å². The second-order valence-electron chi connectivity index (χ2n) is 3.71. The van der Waals surface area contributed by atoms with Crippen molar-refractivity contribution in [3.05, 3.63) is 41.9 Å². The number of urea groups is 1. The predicted molar refractivity (Wildman–Crippen MR) is 74.8 cm³/mol. The van der Waals surface area contributed by atoms with Gasteiger partial charge in [0.15, 0.2) is 0 Å². The Morgan fingerprint density at radius 3 is 2.78 bits per heavy atom. The summed E-state index contributed by atoms with van der Waals surface area (Å²) in [6.45, 7) is 3.98. The molecule has 6 heteroatoms. The first-order valence-corrected chi connectivity index (χ1v) is 6.06. The van der Waals surface area contributed by atoms with E-state index < -0.39 is 0 Å². The van der Waals surface area contributed by atoms with Crippen molar-refractivity contribution in [3.63, 3.8) is 0 Å². The van der Waals surface area contributed by atoms with Crippen LogP contribution in [-0.2, 0) is 4.74 Å². The third-order valence-electron chi connectivity index (χ3n) is 2.44. The highest BCUT2D eigenvalue weighted by molar-refractivity contribution is 7.80. The lowest BCUT2D eigenvalue weighted by Crippen LogP contribution is -2.35. The van der Waals surface area contributed by atoms with Crippen LogP contribution >= 0.6 is 23.8 Å². The second-order valence-corrected chi connectivity index (χ2v) is 4.49. The van der Waals surface area contributed by atoms with Gasteiger partial charge in [0.05, 0.1) is 6.54 Å². The molecule has 0 unspecified atom stereocenters. The molecule has 0 spiro atoms. The van der Waals surface area contributed by atoms with E-state index in [9.17, 15) is 4.79 Å². The molecule has 0 aliphatic carbocycles. The Labute approximate surface area is 115 Å². The molecule has 0 aromatic heterocycles. The van der Waals surface area contributed by atoms with E-state index in [-0.39, 0.29) is 17.3 Å². The Hall–Kier alpha value is -1.59. The van der Waals surface area contributed by atoms with Gasteiger partial charge in [0.1, 0.15) is 6.10 Å². The summed E-state index contributed by atoms with van der Waals surface area (Å²) in [4.78, 5) is 13.3. The molecule has 1 saturated heterocycles. The Kier molecular flexibility index (Phi) is 3.84. The number of anilines is 1. The molecule has 0 radical (unpaired) electrons. The number of carbonyl (C=O) groups is 1. The fourth-order valence-electron chi connectivity index (χ4n) is 1.50. The number of benzene rings is 1. The zero-order chi connectivity index (χ0) is 13.1. The van der Waals surface area contributed by atoms with E-state index in [1.54, 1.807) is 30.3 Å². The summed E-state index contributed by atoms with van der Waals surface area (Å²) < 4.78 is 5.26. The van der Waals surface area contributed by atoms with Crippen LogP contribution in [0.1, 0.15) is 0 Å². The van der Waals surface area contributed by atoms with Crippen molar-refractivity contribution in [1.29, 1.82) is 0 Å². The zero-order valence-electron chi connectivity index (χ0n) is 9.43. The average Bonchev–Trinajstić information content (AvgIpc) is 2.73. The number of nitrogens with zero attached hydrogens (tertiary/aromatic N) is 1. The van der Waals surface area contributed by atoms with Gasteiger partial charge in [-0.05, 0) is 42.6 Å². The summed E-state index contributed by atoms with van der Waals surface area (Å²) in [6.07, 6.45) is 1.37. The molecular weight excluding hydrogens is 272 g/mol. The van der Waals surface area contributed by atoms with E-state index in [2.05, 4.69) is 11.9 Å². The van der Waals surface area contributed by atoms with Crippen LogP contribution in [0.4, 0.5) is 10.5 Å². The van der Waals surface area contributed by atoms with Gasteiger partial charge in [-0.3, -0.25) is 4.90 Å². The minimum absolute atomic E-state index is 0.159. The van der Waals surface area contributed by atoms with Crippen molar-refractivity contribution in [2.45, 2.75) is 6.10 Å². The Balaban J connectivity index is 2.02. The smallest absolute Gasteiger partial charge is 0.329 e. The molecule has 1 atom stereocenters. The van der Waals surface area contributed by atoms with Crippen LogP contribution in [0, 0.1) is 0 Å². The molecule has 2 amide bonds. The highest BCUT2D eigenvalue weighted by atomic mass is 35.5. The minimum atomic E-state index is -0.327. The molecule has 1 aromatic rings. The highest BCUT2D eigenvalue weighted by Crippen LogP contribution is 2.17. The molecule has 2 rings (SSSR count). The van der Waals surface area contributed by atoms with Crippen LogP contribution in [-0.4, -0.2) is 28.8 Å². The number of nitrogens with one attached hydrogen (secondary N) is 1. The van der Waals surface area contributed by atoms with Crippen molar-refractivity contribution in [2.75, 3.05) is 11.9 Å². The number of hydrogen-bond acceptors (Lipinski definition) is 3. The molecule has 0 bridgehead atoms. The van der Waals surface area contributed by atoms with Gasteiger partial charge >= 0.3 is 6.03 Å². The summed E-state index contributed by atoms with van der Waals surface area (Å²) in [7, 11) is 0. The van der Waals surface area contributed by atoms with Crippen LogP contribution in [0.15, 0.2) is 36.9 Å². The number of carbonyl (C=O) groups excluding carboxylic acids is 1. The topological polar surface area (TPSA) is 41.6 Å². The second kappa shape index (κ2) is 5.37. The van der Waals surface area contributed by atoms with E-state index in [1.807, 2.05) is 0 Å². The normalized spacial score (nSPS) is 18.4. The molecule has 0 saturated carbocycles. The monoisotopic (exact) mass is 282 g/mol. The predicted octanol–water partition coefficient (Wildman–Crippen LogP) is 3.04. The molecule has 1 aromatic carbocycles. The molecule has 4 nitrogen and oxygen atoms in total. The Bertz CT molecular complexity index is 489. The Morgan fingerprint density at radius 1 is 1.56 bits per heavy atom. The summed E-state index contributed by atoms with van der Waals surface area (Å²) in [5.41, 5.74) is 0.647. The number of hydrogen-bond donors (Lipinski definition) is 1. The molecule has 94 valence electrons. The maximum atomic E-state index is 12.0. The fourth-order valence-corrected chi connectivity index (χ4v) is 1.90. The lowest BCUT2D eigenvalue weighted by Gasteiger charge is -2.13. The molecule has 18 heavy (non-hydrogen) atoms. The van der Waals surface area contributed by atoms with Crippen molar-refractivity contribution < 1.29 is 9.53 Å². The summed E-state index contributed by atoms with van der Waals surface area (Å²) in [6, 6.07) is 6.49. The summed E-state index contributed by atoms with van der Waals surface area (Å²) in [5.74, 6) is 0. The van der Waals surface area contributed by atoms with Gasteiger partial charge < -0.3 is 10.1 Å². The van der Waals surface area contributed by atoms with Gasteiger partial charge in [-0.1, -0.05) is 18.2 Å². The van der Waals surface area contributed by atoms with Gasteiger partial charge in [-0.15, -0.1) is 0 Å². The maximum absolute atomic E-state index is 12.0. The zero-order valence-corrected chi connectivity index (χ0v) is 11.0. The summed E-state index contributed by atoms with van der Waals surface area (Å²) in [5, 5.41) is 3.48. The SMILES string of the molecule is C=C[C@@H]1CN(C(=O)Nc2ccc(Cl)cc2)C(=S)O1. The van der Waals surface area contributed by atoms with E-state index in [0.29, 0.717) is 17.3 Å². The van der Waals surface area contributed by atoms with Crippen LogP contribution < -0.4 is 5.32 Å². The van der Waals surface area contributed by atoms with Crippen molar-refractivity contribution in [2.24, 2.45) is 0 Å². The fraction of sp³-hybridized carbons (Fsp3) is 0.167. The molecule has 1 fully saturated rings. The lowest BCUT2D eigenvalue weighted by atomic mass is 10.3. The third-order valence-corrected chi connectivity index (χ3v) is 3.01. The van der Waals surface area contributed by atoms with Gasteiger partial charge in [0, 0.05) is 10.7 Å². The average molecular weight is 283 g/mol. The Morgan fingerprint density at radius 2 is 2.22 bits per heavy atom. The van der Waals surface area contributed by atoms with Gasteiger partial charge in [-0.2, -0.15) is 0 Å². The van der Waals surface area contributed by atoms with Gasteiger partial charge in [0.2, 0.25) is 0 Å². The van der Waals surface area contributed by atoms with Crippen molar-refractivity contribution in [1.82, 2.24) is 4.90 Å². The van der Waals surface area contributed by atoms with Crippen LogP contribution in [0.5, 0.6) is 0 Å². The number of halogens is 1. The van der Waals surface area contributed by atoms with E-state index >= 15 is 0 Å².